The van der Waals surface area contributed by atoms with Crippen molar-refractivity contribution >= 4 is 0 Å². The van der Waals surface area contributed by atoms with Crippen LogP contribution in [0.5, 0.6) is 11.5 Å². The standard InChI is InChI=1S/C17H20N2O3/c1-3-11(2)19-14(6-4-13(9-18)17(19)20)12-5-7-15-16(8-12)22-10-21-15/h4-8,11H,3,9-10,18H2,1-2H3. The molecule has 5 nitrogen and oxygen atoms in total. The van der Waals surface area contributed by atoms with Gasteiger partial charge in [0.1, 0.15) is 0 Å². The summed E-state index contributed by atoms with van der Waals surface area (Å²) >= 11 is 0. The van der Waals surface area contributed by atoms with Crippen molar-refractivity contribution < 1.29 is 9.47 Å². The van der Waals surface area contributed by atoms with E-state index in [1.807, 2.05) is 35.8 Å². The maximum Gasteiger partial charge on any atom is 0.255 e. The van der Waals surface area contributed by atoms with Crippen LogP contribution in [-0.4, -0.2) is 11.4 Å². The van der Waals surface area contributed by atoms with Crippen LogP contribution in [0.3, 0.4) is 0 Å². The maximum absolute atomic E-state index is 12.7. The molecule has 1 unspecified atom stereocenters. The highest BCUT2D eigenvalue weighted by Gasteiger charge is 2.18. The minimum Gasteiger partial charge on any atom is -0.454 e. The monoisotopic (exact) mass is 300 g/mol. The van der Waals surface area contributed by atoms with E-state index in [9.17, 15) is 4.79 Å². The third-order valence-electron chi connectivity index (χ3n) is 4.12. The number of nitrogens with zero attached hydrogens (tertiary/aromatic N) is 1. The van der Waals surface area contributed by atoms with Crippen LogP contribution in [0.2, 0.25) is 0 Å². The van der Waals surface area contributed by atoms with Gasteiger partial charge in [0.25, 0.3) is 5.56 Å². The molecule has 2 aromatic rings. The minimum absolute atomic E-state index is 0.0213. The van der Waals surface area contributed by atoms with Crippen LogP contribution in [-0.2, 0) is 6.54 Å². The van der Waals surface area contributed by atoms with Crippen molar-refractivity contribution in [2.45, 2.75) is 32.9 Å². The van der Waals surface area contributed by atoms with E-state index in [2.05, 4.69) is 6.92 Å². The molecule has 1 aromatic heterocycles. The van der Waals surface area contributed by atoms with Crippen LogP contribution in [0.25, 0.3) is 11.3 Å². The van der Waals surface area contributed by atoms with Crippen LogP contribution < -0.4 is 20.8 Å². The van der Waals surface area contributed by atoms with E-state index in [0.29, 0.717) is 11.3 Å². The molecule has 0 radical (unpaired) electrons. The SMILES string of the molecule is CCC(C)n1c(-c2ccc3c(c2)OCO3)ccc(CN)c1=O. The van der Waals surface area contributed by atoms with Crippen LogP contribution >= 0.6 is 0 Å². The second-order valence-corrected chi connectivity index (χ2v) is 5.45. The molecule has 1 atom stereocenters. The summed E-state index contributed by atoms with van der Waals surface area (Å²) in [6.45, 7) is 4.59. The fourth-order valence-electron chi connectivity index (χ4n) is 2.66. The van der Waals surface area contributed by atoms with Crippen molar-refractivity contribution in [1.29, 1.82) is 0 Å². The Balaban J connectivity index is 2.18. The Morgan fingerprint density at radius 3 is 2.73 bits per heavy atom. The van der Waals surface area contributed by atoms with Gasteiger partial charge in [-0.15, -0.1) is 0 Å². The Bertz CT molecular complexity index is 752. The molecule has 116 valence electrons. The lowest BCUT2D eigenvalue weighted by Crippen LogP contribution is -2.28. The second-order valence-electron chi connectivity index (χ2n) is 5.45. The van der Waals surface area contributed by atoms with Crippen molar-refractivity contribution in [3.8, 4) is 22.8 Å². The van der Waals surface area contributed by atoms with E-state index < -0.39 is 0 Å². The fourth-order valence-corrected chi connectivity index (χ4v) is 2.66. The van der Waals surface area contributed by atoms with E-state index in [-0.39, 0.29) is 24.9 Å². The number of aromatic nitrogens is 1. The Labute approximate surface area is 129 Å². The van der Waals surface area contributed by atoms with Gasteiger partial charge in [-0.2, -0.15) is 0 Å². The first-order valence-corrected chi connectivity index (χ1v) is 7.50. The highest BCUT2D eigenvalue weighted by Crippen LogP contribution is 2.36. The molecule has 3 rings (SSSR count). The van der Waals surface area contributed by atoms with Crippen LogP contribution in [0, 0.1) is 0 Å². The molecule has 1 aliphatic heterocycles. The quantitative estimate of drug-likeness (QED) is 0.942. The summed E-state index contributed by atoms with van der Waals surface area (Å²) in [6.07, 6.45) is 0.867. The third-order valence-corrected chi connectivity index (χ3v) is 4.12. The number of hydrogen-bond donors (Lipinski definition) is 1. The largest absolute Gasteiger partial charge is 0.454 e. The Morgan fingerprint density at radius 1 is 1.23 bits per heavy atom. The van der Waals surface area contributed by atoms with Gasteiger partial charge in [-0.25, -0.2) is 0 Å². The molecule has 0 saturated carbocycles. The van der Waals surface area contributed by atoms with Crippen molar-refractivity contribution in [2.24, 2.45) is 5.73 Å². The highest BCUT2D eigenvalue weighted by molar-refractivity contribution is 5.65. The molecule has 0 fully saturated rings. The Hall–Kier alpha value is -2.27. The average molecular weight is 300 g/mol. The predicted molar refractivity (Wildman–Crippen MR) is 85.2 cm³/mol. The molecule has 0 bridgehead atoms. The fraction of sp³-hybridized carbons (Fsp3) is 0.353. The lowest BCUT2D eigenvalue weighted by molar-refractivity contribution is 0.174. The van der Waals surface area contributed by atoms with E-state index in [0.717, 1.165) is 23.4 Å². The van der Waals surface area contributed by atoms with Crippen molar-refractivity contribution in [3.63, 3.8) is 0 Å². The Kier molecular flexibility index (Phi) is 3.90. The van der Waals surface area contributed by atoms with E-state index in [4.69, 9.17) is 15.2 Å². The van der Waals surface area contributed by atoms with Gasteiger partial charge in [-0.05, 0) is 37.6 Å². The summed E-state index contributed by atoms with van der Waals surface area (Å²) in [5.74, 6) is 1.45. The van der Waals surface area contributed by atoms with Gasteiger partial charge >= 0.3 is 0 Å². The smallest absolute Gasteiger partial charge is 0.255 e. The molecular weight excluding hydrogens is 280 g/mol. The summed E-state index contributed by atoms with van der Waals surface area (Å²) in [5.41, 5.74) is 8.09. The first-order chi connectivity index (χ1) is 10.7. The molecule has 0 aliphatic carbocycles. The van der Waals surface area contributed by atoms with Gasteiger partial charge in [0.05, 0.1) is 5.69 Å². The molecule has 2 heterocycles. The molecule has 0 saturated heterocycles. The second kappa shape index (κ2) is 5.85. The molecule has 0 amide bonds. The summed E-state index contributed by atoms with van der Waals surface area (Å²) in [5, 5.41) is 0. The molecule has 5 heteroatoms. The lowest BCUT2D eigenvalue weighted by atomic mass is 10.1. The number of ether oxygens (including phenoxy) is 2. The van der Waals surface area contributed by atoms with Gasteiger partial charge in [0, 0.05) is 23.7 Å². The summed E-state index contributed by atoms with van der Waals surface area (Å²) in [4.78, 5) is 12.7. The van der Waals surface area contributed by atoms with Gasteiger partial charge in [-0.1, -0.05) is 13.0 Å². The van der Waals surface area contributed by atoms with Crippen LogP contribution in [0.1, 0.15) is 31.9 Å². The number of pyridine rings is 1. The summed E-state index contributed by atoms with van der Waals surface area (Å²) in [6, 6.07) is 9.59. The number of hydrogen-bond acceptors (Lipinski definition) is 4. The molecule has 1 aromatic carbocycles. The zero-order chi connectivity index (χ0) is 15.7. The molecular formula is C17H20N2O3. The van der Waals surface area contributed by atoms with Crippen LogP contribution in [0.4, 0.5) is 0 Å². The van der Waals surface area contributed by atoms with Crippen molar-refractivity contribution in [3.05, 3.63) is 46.2 Å². The van der Waals surface area contributed by atoms with Crippen molar-refractivity contribution in [1.82, 2.24) is 4.57 Å². The van der Waals surface area contributed by atoms with E-state index in [1.54, 1.807) is 6.07 Å². The highest BCUT2D eigenvalue weighted by atomic mass is 16.7. The first-order valence-electron chi connectivity index (χ1n) is 7.50. The Morgan fingerprint density at radius 2 is 2.00 bits per heavy atom. The van der Waals surface area contributed by atoms with E-state index in [1.165, 1.54) is 0 Å². The third kappa shape index (κ3) is 2.37. The van der Waals surface area contributed by atoms with Gasteiger partial charge < -0.3 is 19.8 Å². The van der Waals surface area contributed by atoms with Gasteiger partial charge in [0.15, 0.2) is 11.5 Å². The zero-order valence-electron chi connectivity index (χ0n) is 12.8. The number of nitrogens with two attached hydrogens (primary N) is 1. The summed E-state index contributed by atoms with van der Waals surface area (Å²) in [7, 11) is 0. The van der Waals surface area contributed by atoms with Crippen LogP contribution in [0.15, 0.2) is 35.1 Å². The first kappa shape index (κ1) is 14.7. The average Bonchev–Trinajstić information content (AvgIpc) is 3.01. The molecule has 2 N–H and O–H groups in total. The topological polar surface area (TPSA) is 66.5 Å². The number of benzene rings is 1. The predicted octanol–water partition coefficient (Wildman–Crippen LogP) is 2.67. The number of rotatable bonds is 4. The van der Waals surface area contributed by atoms with E-state index >= 15 is 0 Å². The zero-order valence-corrected chi connectivity index (χ0v) is 12.8. The van der Waals surface area contributed by atoms with Crippen molar-refractivity contribution in [2.75, 3.05) is 6.79 Å². The van der Waals surface area contributed by atoms with Gasteiger partial charge in [0.2, 0.25) is 6.79 Å². The maximum atomic E-state index is 12.7. The summed E-state index contributed by atoms with van der Waals surface area (Å²) < 4.78 is 12.6. The molecule has 0 spiro atoms. The van der Waals surface area contributed by atoms with Gasteiger partial charge in [-0.3, -0.25) is 4.79 Å². The normalized spacial score (nSPS) is 14.1. The minimum atomic E-state index is -0.0213. The lowest BCUT2D eigenvalue weighted by Gasteiger charge is -2.20. The number of fused-ring (bicyclic) bond motifs is 1. The molecule has 1 aliphatic rings. The molecule has 22 heavy (non-hydrogen) atoms.